The lowest BCUT2D eigenvalue weighted by molar-refractivity contribution is 0.00578. The van der Waals surface area contributed by atoms with Crippen molar-refractivity contribution in [3.63, 3.8) is 0 Å². The van der Waals surface area contributed by atoms with Gasteiger partial charge < -0.3 is 19.5 Å². The Balaban J connectivity index is 1.62. The van der Waals surface area contributed by atoms with Gasteiger partial charge in [0.2, 0.25) is 0 Å². The molecule has 3 rings (SSSR count). The Bertz CT molecular complexity index is 550. The summed E-state index contributed by atoms with van der Waals surface area (Å²) in [5, 5.41) is 3.35. The molecule has 0 spiro atoms. The van der Waals surface area contributed by atoms with Gasteiger partial charge in [-0.15, -0.1) is 0 Å². The molecule has 0 saturated carbocycles. The van der Waals surface area contributed by atoms with E-state index in [-0.39, 0.29) is 18.3 Å². The first-order valence-electron chi connectivity index (χ1n) is 8.33. The Kier molecular flexibility index (Phi) is 4.49. The standard InChI is InChI=1S/C17H26BN3O2/c1-16(2)17(3,4)23-18(22-16)8-7-14-5-6-15(20-13-14)21-11-9-19-10-12-21/h5-8,13,19H,9-12H2,1-4H3/b8-7+. The van der Waals surface area contributed by atoms with E-state index in [1.54, 1.807) is 0 Å². The first-order chi connectivity index (χ1) is 10.9. The van der Waals surface area contributed by atoms with Gasteiger partial charge in [0, 0.05) is 32.4 Å². The van der Waals surface area contributed by atoms with Gasteiger partial charge in [-0.3, -0.25) is 0 Å². The summed E-state index contributed by atoms with van der Waals surface area (Å²) in [4.78, 5) is 6.87. The van der Waals surface area contributed by atoms with Gasteiger partial charge in [0.05, 0.1) is 11.2 Å². The van der Waals surface area contributed by atoms with E-state index in [1.807, 2.05) is 18.2 Å². The lowest BCUT2D eigenvalue weighted by atomic mass is 9.89. The third-order valence-corrected chi connectivity index (χ3v) is 4.93. The van der Waals surface area contributed by atoms with Crippen LogP contribution in [0, 0.1) is 0 Å². The summed E-state index contributed by atoms with van der Waals surface area (Å²) in [7, 11) is -0.312. The Morgan fingerprint density at radius 2 is 1.78 bits per heavy atom. The highest BCUT2D eigenvalue weighted by atomic mass is 16.7. The first kappa shape index (κ1) is 16.5. The van der Waals surface area contributed by atoms with E-state index in [1.165, 1.54) is 0 Å². The normalized spacial score (nSPS) is 23.7. The van der Waals surface area contributed by atoms with Crippen molar-refractivity contribution in [3.05, 3.63) is 29.9 Å². The highest BCUT2D eigenvalue weighted by molar-refractivity contribution is 6.52. The van der Waals surface area contributed by atoms with Crippen LogP contribution < -0.4 is 10.2 Å². The van der Waals surface area contributed by atoms with Crippen molar-refractivity contribution in [2.45, 2.75) is 38.9 Å². The van der Waals surface area contributed by atoms with Crippen LogP contribution in [-0.2, 0) is 9.31 Å². The van der Waals surface area contributed by atoms with E-state index >= 15 is 0 Å². The van der Waals surface area contributed by atoms with Crippen molar-refractivity contribution < 1.29 is 9.31 Å². The average molecular weight is 315 g/mol. The molecule has 2 fully saturated rings. The second-order valence-electron chi connectivity index (χ2n) is 7.17. The van der Waals surface area contributed by atoms with E-state index < -0.39 is 0 Å². The van der Waals surface area contributed by atoms with Gasteiger partial charge in [-0.2, -0.15) is 0 Å². The van der Waals surface area contributed by atoms with Crippen molar-refractivity contribution in [2.24, 2.45) is 0 Å². The monoisotopic (exact) mass is 315 g/mol. The third-order valence-electron chi connectivity index (χ3n) is 4.93. The van der Waals surface area contributed by atoms with Crippen LogP contribution in [0.3, 0.4) is 0 Å². The SMILES string of the molecule is CC1(C)OB(/C=C/c2ccc(N3CCNCC3)nc2)OC1(C)C. The van der Waals surface area contributed by atoms with Gasteiger partial charge in [0.15, 0.2) is 0 Å². The van der Waals surface area contributed by atoms with Gasteiger partial charge in [-0.1, -0.05) is 12.1 Å². The number of aromatic nitrogens is 1. The topological polar surface area (TPSA) is 46.6 Å². The fourth-order valence-electron chi connectivity index (χ4n) is 2.73. The van der Waals surface area contributed by atoms with Crippen molar-refractivity contribution in [3.8, 4) is 0 Å². The van der Waals surface area contributed by atoms with E-state index in [0.29, 0.717) is 0 Å². The summed E-state index contributed by atoms with van der Waals surface area (Å²) in [6, 6.07) is 4.17. The number of hydrogen-bond donors (Lipinski definition) is 1. The number of anilines is 1. The Morgan fingerprint density at radius 3 is 2.35 bits per heavy atom. The maximum Gasteiger partial charge on any atom is 0.487 e. The highest BCUT2D eigenvalue weighted by Gasteiger charge is 2.49. The van der Waals surface area contributed by atoms with Crippen LogP contribution in [0.2, 0.25) is 0 Å². The second-order valence-corrected chi connectivity index (χ2v) is 7.17. The Labute approximate surface area is 139 Å². The molecule has 0 aliphatic carbocycles. The summed E-state index contributed by atoms with van der Waals surface area (Å²) in [5.41, 5.74) is 0.456. The van der Waals surface area contributed by atoms with Crippen LogP contribution in [0.4, 0.5) is 5.82 Å². The van der Waals surface area contributed by atoms with Crippen LogP contribution in [0.25, 0.3) is 6.08 Å². The predicted molar refractivity (Wildman–Crippen MR) is 94.4 cm³/mol. The van der Waals surface area contributed by atoms with Crippen molar-refractivity contribution in [1.29, 1.82) is 0 Å². The third kappa shape index (κ3) is 3.60. The number of nitrogens with one attached hydrogen (secondary N) is 1. The molecule has 2 aliphatic heterocycles. The molecule has 0 aromatic carbocycles. The zero-order valence-corrected chi connectivity index (χ0v) is 14.5. The maximum atomic E-state index is 5.96. The van der Waals surface area contributed by atoms with E-state index in [2.05, 4.69) is 55.0 Å². The molecule has 0 unspecified atom stereocenters. The molecule has 0 atom stereocenters. The largest absolute Gasteiger partial charge is 0.487 e. The van der Waals surface area contributed by atoms with E-state index in [9.17, 15) is 0 Å². The fraction of sp³-hybridized carbons (Fsp3) is 0.588. The average Bonchev–Trinajstić information content (AvgIpc) is 2.74. The van der Waals surface area contributed by atoms with Crippen LogP contribution in [0.5, 0.6) is 0 Å². The molecule has 0 bridgehead atoms. The van der Waals surface area contributed by atoms with Crippen LogP contribution in [0.15, 0.2) is 24.3 Å². The van der Waals surface area contributed by atoms with Gasteiger partial charge in [0.1, 0.15) is 5.82 Å². The molecule has 23 heavy (non-hydrogen) atoms. The summed E-state index contributed by atoms with van der Waals surface area (Å²) < 4.78 is 11.9. The van der Waals surface area contributed by atoms with Crippen molar-refractivity contribution in [2.75, 3.05) is 31.1 Å². The second kappa shape index (κ2) is 6.26. The molecule has 124 valence electrons. The zero-order chi connectivity index (χ0) is 16.5. The van der Waals surface area contributed by atoms with Gasteiger partial charge in [-0.05, 0) is 45.4 Å². The highest BCUT2D eigenvalue weighted by Crippen LogP contribution is 2.37. The number of rotatable bonds is 3. The maximum absolute atomic E-state index is 5.96. The first-order valence-corrected chi connectivity index (χ1v) is 8.33. The number of piperazine rings is 1. The van der Waals surface area contributed by atoms with Gasteiger partial charge in [-0.25, -0.2) is 4.98 Å². The van der Waals surface area contributed by atoms with Crippen LogP contribution >= 0.6 is 0 Å². The molecule has 1 N–H and O–H groups in total. The molecular weight excluding hydrogens is 289 g/mol. The molecule has 2 saturated heterocycles. The van der Waals surface area contributed by atoms with Crippen molar-refractivity contribution in [1.82, 2.24) is 10.3 Å². The molecular formula is C17H26BN3O2. The van der Waals surface area contributed by atoms with Crippen LogP contribution in [0.1, 0.15) is 33.3 Å². The van der Waals surface area contributed by atoms with E-state index in [0.717, 1.165) is 37.6 Å². The van der Waals surface area contributed by atoms with Crippen LogP contribution in [-0.4, -0.2) is 49.5 Å². The zero-order valence-electron chi connectivity index (χ0n) is 14.5. The molecule has 3 heterocycles. The van der Waals surface area contributed by atoms with Gasteiger partial charge >= 0.3 is 7.12 Å². The lowest BCUT2D eigenvalue weighted by Crippen LogP contribution is -2.43. The molecule has 1 aromatic heterocycles. The minimum absolute atomic E-state index is 0.299. The molecule has 6 heteroatoms. The molecule has 0 radical (unpaired) electrons. The fourth-order valence-corrected chi connectivity index (χ4v) is 2.73. The molecule has 1 aromatic rings. The van der Waals surface area contributed by atoms with E-state index in [4.69, 9.17) is 9.31 Å². The molecule has 5 nitrogen and oxygen atoms in total. The summed E-state index contributed by atoms with van der Waals surface area (Å²) >= 11 is 0. The smallest absolute Gasteiger partial charge is 0.400 e. The van der Waals surface area contributed by atoms with Crippen molar-refractivity contribution >= 4 is 19.0 Å². The quantitative estimate of drug-likeness (QED) is 0.866. The Hall–Kier alpha value is -1.37. The molecule has 2 aliphatic rings. The predicted octanol–water partition coefficient (Wildman–Crippen LogP) is 2.14. The van der Waals surface area contributed by atoms with Gasteiger partial charge in [0.25, 0.3) is 0 Å². The summed E-state index contributed by atoms with van der Waals surface area (Å²) in [6.45, 7) is 12.3. The molecule has 0 amide bonds. The Morgan fingerprint density at radius 1 is 1.13 bits per heavy atom. The number of nitrogens with zero attached hydrogens (tertiary/aromatic N) is 2. The minimum atomic E-state index is -0.312. The lowest BCUT2D eigenvalue weighted by Gasteiger charge is -2.32. The number of pyridine rings is 1. The number of hydrogen-bond acceptors (Lipinski definition) is 5. The summed E-state index contributed by atoms with van der Waals surface area (Å²) in [6.07, 6.45) is 3.91. The minimum Gasteiger partial charge on any atom is -0.400 e. The summed E-state index contributed by atoms with van der Waals surface area (Å²) in [5.74, 6) is 3.00.